The molecule has 5 atom stereocenters. The van der Waals surface area contributed by atoms with Crippen LogP contribution in [-0.4, -0.2) is 60.5 Å². The molecule has 5 rings (SSSR count). The maximum absolute atomic E-state index is 13.5. The standard InChI is InChI=1S/C27H30F2N2O3/c1-17(34-27(33)25-15-23(25)19-5-3-7-21(29)13-19)16-30-8-10-31(11-9-30)26(32)24-14-22(24)18-4-2-6-20(28)12-18/h2-7,12-13,17,22-25H,8-11,14-16H2,1H3/t17-,22-,23-,24-,25-/m1/s1. The summed E-state index contributed by atoms with van der Waals surface area (Å²) in [6.45, 7) is 5.29. The van der Waals surface area contributed by atoms with Crippen molar-refractivity contribution in [1.82, 2.24) is 9.80 Å². The summed E-state index contributed by atoms with van der Waals surface area (Å²) in [4.78, 5) is 29.5. The molecule has 1 heterocycles. The van der Waals surface area contributed by atoms with Gasteiger partial charge >= 0.3 is 5.97 Å². The number of rotatable bonds is 7. The van der Waals surface area contributed by atoms with Gasteiger partial charge in [0.25, 0.3) is 0 Å². The lowest BCUT2D eigenvalue weighted by Crippen LogP contribution is -2.51. The Bertz CT molecular complexity index is 1070. The fourth-order valence-corrected chi connectivity index (χ4v) is 5.21. The molecule has 3 fully saturated rings. The molecule has 2 saturated carbocycles. The normalized spacial score (nSPS) is 27.2. The van der Waals surface area contributed by atoms with E-state index >= 15 is 0 Å². The number of amides is 1. The van der Waals surface area contributed by atoms with Gasteiger partial charge in [-0.2, -0.15) is 0 Å². The molecule has 2 aliphatic carbocycles. The van der Waals surface area contributed by atoms with E-state index in [1.807, 2.05) is 24.0 Å². The van der Waals surface area contributed by atoms with Crippen LogP contribution in [0.2, 0.25) is 0 Å². The van der Waals surface area contributed by atoms with Crippen molar-refractivity contribution in [3.63, 3.8) is 0 Å². The first kappa shape index (κ1) is 23.0. The van der Waals surface area contributed by atoms with Crippen molar-refractivity contribution in [2.45, 2.75) is 37.7 Å². The number of carbonyl (C=O) groups is 2. The number of hydrogen-bond donors (Lipinski definition) is 0. The van der Waals surface area contributed by atoms with Gasteiger partial charge < -0.3 is 9.64 Å². The molecule has 1 amide bonds. The monoisotopic (exact) mass is 468 g/mol. The highest BCUT2D eigenvalue weighted by molar-refractivity contribution is 5.83. The molecule has 1 saturated heterocycles. The molecule has 2 aromatic rings. The zero-order valence-electron chi connectivity index (χ0n) is 19.3. The molecule has 0 bridgehead atoms. The van der Waals surface area contributed by atoms with Gasteiger partial charge in [0.15, 0.2) is 0 Å². The highest BCUT2D eigenvalue weighted by Gasteiger charge is 2.47. The van der Waals surface area contributed by atoms with Crippen LogP contribution in [0.3, 0.4) is 0 Å². The van der Waals surface area contributed by atoms with Gasteiger partial charge in [-0.3, -0.25) is 14.5 Å². The Labute approximate surface area is 198 Å². The number of ether oxygens (including phenoxy) is 1. The zero-order chi connectivity index (χ0) is 23.8. The predicted molar refractivity (Wildman–Crippen MR) is 123 cm³/mol. The molecule has 0 radical (unpaired) electrons. The van der Waals surface area contributed by atoms with Gasteiger partial charge in [-0.1, -0.05) is 24.3 Å². The lowest BCUT2D eigenvalue weighted by molar-refractivity contribution is -0.151. The van der Waals surface area contributed by atoms with Crippen LogP contribution >= 0.6 is 0 Å². The van der Waals surface area contributed by atoms with E-state index in [2.05, 4.69) is 4.90 Å². The van der Waals surface area contributed by atoms with Crippen molar-refractivity contribution in [2.24, 2.45) is 11.8 Å². The number of esters is 1. The third-order valence-electron chi connectivity index (χ3n) is 7.27. The fourth-order valence-electron chi connectivity index (χ4n) is 5.21. The van der Waals surface area contributed by atoms with Gasteiger partial charge in [0.05, 0.1) is 5.92 Å². The van der Waals surface area contributed by atoms with Gasteiger partial charge in [0.1, 0.15) is 17.7 Å². The quantitative estimate of drug-likeness (QED) is 0.578. The molecular weight excluding hydrogens is 438 g/mol. The minimum absolute atomic E-state index is 0.0437. The predicted octanol–water partition coefficient (Wildman–Crippen LogP) is 3.95. The summed E-state index contributed by atoms with van der Waals surface area (Å²) in [6, 6.07) is 13.0. The number of hydrogen-bond acceptors (Lipinski definition) is 4. The number of carbonyl (C=O) groups excluding carboxylic acids is 2. The van der Waals surface area contributed by atoms with Gasteiger partial charge in [0, 0.05) is 38.6 Å². The van der Waals surface area contributed by atoms with Crippen molar-refractivity contribution >= 4 is 11.9 Å². The van der Waals surface area contributed by atoms with E-state index in [9.17, 15) is 18.4 Å². The van der Waals surface area contributed by atoms with Crippen molar-refractivity contribution in [2.75, 3.05) is 32.7 Å². The molecule has 7 heteroatoms. The summed E-state index contributed by atoms with van der Waals surface area (Å²) in [5.74, 6) is -0.666. The van der Waals surface area contributed by atoms with Crippen LogP contribution < -0.4 is 0 Å². The fraction of sp³-hybridized carbons (Fsp3) is 0.481. The lowest BCUT2D eigenvalue weighted by Gasteiger charge is -2.36. The number of benzene rings is 2. The number of halogens is 2. The molecule has 5 nitrogen and oxygen atoms in total. The van der Waals surface area contributed by atoms with E-state index in [-0.39, 0.29) is 53.3 Å². The largest absolute Gasteiger partial charge is 0.461 e. The maximum atomic E-state index is 13.5. The molecular formula is C27H30F2N2O3. The first-order chi connectivity index (χ1) is 16.4. The van der Waals surface area contributed by atoms with E-state index in [0.717, 1.165) is 30.6 Å². The molecule has 0 unspecified atom stereocenters. The molecule has 1 aliphatic heterocycles. The molecule has 0 aromatic heterocycles. The minimum atomic E-state index is -0.284. The van der Waals surface area contributed by atoms with E-state index in [0.29, 0.717) is 26.1 Å². The topological polar surface area (TPSA) is 49.9 Å². The first-order valence-electron chi connectivity index (χ1n) is 12.1. The SMILES string of the molecule is C[C@H](CN1CCN(C(=O)[C@@H]2C[C@@H]2c2cccc(F)c2)CC1)OC(=O)[C@@H]1C[C@@H]1c1cccc(F)c1. The van der Waals surface area contributed by atoms with Crippen molar-refractivity contribution < 1.29 is 23.1 Å². The first-order valence-corrected chi connectivity index (χ1v) is 12.1. The third kappa shape index (κ3) is 5.14. The molecule has 34 heavy (non-hydrogen) atoms. The third-order valence-corrected chi connectivity index (χ3v) is 7.27. The second-order valence-electron chi connectivity index (χ2n) is 9.88. The Morgan fingerprint density at radius 3 is 2.06 bits per heavy atom. The van der Waals surface area contributed by atoms with Crippen LogP contribution in [-0.2, 0) is 14.3 Å². The van der Waals surface area contributed by atoms with E-state index in [1.165, 1.54) is 24.3 Å². The Morgan fingerprint density at radius 1 is 0.912 bits per heavy atom. The minimum Gasteiger partial charge on any atom is -0.461 e. The van der Waals surface area contributed by atoms with E-state index in [1.54, 1.807) is 12.1 Å². The van der Waals surface area contributed by atoms with Crippen LogP contribution in [0.1, 0.15) is 42.7 Å². The molecule has 3 aliphatic rings. The summed E-state index contributed by atoms with van der Waals surface area (Å²) in [7, 11) is 0. The highest BCUT2D eigenvalue weighted by atomic mass is 19.1. The van der Waals surface area contributed by atoms with E-state index < -0.39 is 0 Å². The van der Waals surface area contributed by atoms with Crippen molar-refractivity contribution in [1.29, 1.82) is 0 Å². The second kappa shape index (κ2) is 9.45. The van der Waals surface area contributed by atoms with Gasteiger partial charge in [-0.05, 0) is 67.0 Å². The summed E-state index contributed by atoms with van der Waals surface area (Å²) in [5, 5.41) is 0. The van der Waals surface area contributed by atoms with Crippen molar-refractivity contribution in [3.8, 4) is 0 Å². The van der Waals surface area contributed by atoms with Gasteiger partial charge in [-0.15, -0.1) is 0 Å². The Kier molecular flexibility index (Phi) is 6.38. The van der Waals surface area contributed by atoms with Crippen LogP contribution in [0.5, 0.6) is 0 Å². The second-order valence-corrected chi connectivity index (χ2v) is 9.88. The molecule has 0 spiro atoms. The lowest BCUT2D eigenvalue weighted by atomic mass is 10.1. The highest BCUT2D eigenvalue weighted by Crippen LogP contribution is 2.49. The molecule has 2 aromatic carbocycles. The number of piperazine rings is 1. The van der Waals surface area contributed by atoms with Gasteiger partial charge in [-0.25, -0.2) is 8.78 Å². The Hall–Kier alpha value is -2.80. The van der Waals surface area contributed by atoms with E-state index in [4.69, 9.17) is 4.74 Å². The van der Waals surface area contributed by atoms with Crippen LogP contribution in [0, 0.1) is 23.5 Å². The molecule has 180 valence electrons. The smallest absolute Gasteiger partial charge is 0.309 e. The summed E-state index contributed by atoms with van der Waals surface area (Å²) < 4.78 is 32.6. The summed E-state index contributed by atoms with van der Waals surface area (Å²) in [6.07, 6.45) is 1.24. The number of nitrogens with zero attached hydrogens (tertiary/aromatic N) is 2. The average molecular weight is 469 g/mol. The summed E-state index contributed by atoms with van der Waals surface area (Å²) >= 11 is 0. The zero-order valence-corrected chi connectivity index (χ0v) is 19.3. The van der Waals surface area contributed by atoms with Crippen LogP contribution in [0.4, 0.5) is 8.78 Å². The van der Waals surface area contributed by atoms with Crippen molar-refractivity contribution in [3.05, 3.63) is 71.3 Å². The Morgan fingerprint density at radius 2 is 1.47 bits per heavy atom. The van der Waals surface area contributed by atoms with Crippen LogP contribution in [0.15, 0.2) is 48.5 Å². The maximum Gasteiger partial charge on any atom is 0.309 e. The Balaban J connectivity index is 1.04. The van der Waals surface area contributed by atoms with Crippen LogP contribution in [0.25, 0.3) is 0 Å². The molecule has 0 N–H and O–H groups in total. The summed E-state index contributed by atoms with van der Waals surface area (Å²) in [5.41, 5.74) is 1.76. The average Bonchev–Trinajstić information content (AvgIpc) is 3.73. The van der Waals surface area contributed by atoms with Gasteiger partial charge in [0.2, 0.25) is 5.91 Å².